The van der Waals surface area contributed by atoms with Crippen LogP contribution in [0.4, 0.5) is 27.4 Å². The number of aromatic nitrogens is 2. The van der Waals surface area contributed by atoms with E-state index in [-0.39, 0.29) is 29.3 Å². The number of benzene rings is 1. The van der Waals surface area contributed by atoms with Crippen molar-refractivity contribution in [3.63, 3.8) is 0 Å². The van der Waals surface area contributed by atoms with E-state index >= 15 is 0 Å². The molecular weight excluding hydrogens is 411 g/mol. The monoisotopic (exact) mass is 438 g/mol. The smallest absolute Gasteiger partial charge is 0.252 e. The van der Waals surface area contributed by atoms with Crippen molar-refractivity contribution < 1.29 is 9.18 Å². The van der Waals surface area contributed by atoms with Gasteiger partial charge in [-0.25, -0.2) is 15.2 Å². The van der Waals surface area contributed by atoms with Gasteiger partial charge in [0, 0.05) is 24.5 Å². The van der Waals surface area contributed by atoms with Crippen LogP contribution in [-0.2, 0) is 0 Å². The number of hydrazine groups is 1. The summed E-state index contributed by atoms with van der Waals surface area (Å²) in [6, 6.07) is 8.38. The van der Waals surface area contributed by atoms with Crippen molar-refractivity contribution in [1.82, 2.24) is 9.97 Å². The molecule has 2 heterocycles. The number of pyridine rings is 2. The Labute approximate surface area is 185 Å². The zero-order valence-corrected chi connectivity index (χ0v) is 17.8. The largest absolute Gasteiger partial charge is 0.365 e. The maximum Gasteiger partial charge on any atom is 0.252 e. The van der Waals surface area contributed by atoms with Gasteiger partial charge < -0.3 is 27.1 Å². The van der Waals surface area contributed by atoms with Crippen LogP contribution in [0.1, 0.15) is 36.0 Å². The number of amides is 1. The minimum atomic E-state index is -0.791. The number of hydrogen-bond acceptors (Lipinski definition) is 8. The van der Waals surface area contributed by atoms with Crippen LogP contribution in [-0.4, -0.2) is 35.0 Å². The zero-order valence-electron chi connectivity index (χ0n) is 17.8. The maximum atomic E-state index is 14.7. The number of halogens is 1. The Kier molecular flexibility index (Phi) is 6.06. The molecule has 0 spiro atoms. The number of hydrogen-bond donors (Lipinski definition) is 5. The third-order valence-electron chi connectivity index (χ3n) is 5.72. The van der Waals surface area contributed by atoms with Crippen molar-refractivity contribution in [3.8, 4) is 0 Å². The van der Waals surface area contributed by atoms with Crippen LogP contribution < -0.4 is 33.0 Å². The van der Waals surface area contributed by atoms with E-state index in [1.807, 2.05) is 24.3 Å². The lowest BCUT2D eigenvalue weighted by Crippen LogP contribution is -2.43. The van der Waals surface area contributed by atoms with E-state index < -0.39 is 11.7 Å². The molecule has 4 rings (SSSR count). The molecule has 1 aliphatic carbocycles. The molecule has 10 heteroatoms. The van der Waals surface area contributed by atoms with E-state index in [2.05, 4.69) is 20.6 Å². The normalized spacial score (nSPS) is 18.4. The summed E-state index contributed by atoms with van der Waals surface area (Å²) < 4.78 is 14.7. The minimum absolute atomic E-state index is 0.0284. The van der Waals surface area contributed by atoms with Gasteiger partial charge in [-0.05, 0) is 31.0 Å². The molecule has 32 heavy (non-hydrogen) atoms. The lowest BCUT2D eigenvalue weighted by atomic mass is 9.91. The van der Waals surface area contributed by atoms with Gasteiger partial charge in [0.2, 0.25) is 0 Å². The van der Waals surface area contributed by atoms with Crippen LogP contribution in [0, 0.1) is 5.82 Å². The zero-order chi connectivity index (χ0) is 22.8. The SMILES string of the molecule is CN(N)c1cccc2cc(Nc3nc(N[C@@H]4CCCC[C@@H]4N)c(F)cc3C(N)=O)cnc12. The van der Waals surface area contributed by atoms with Crippen LogP contribution in [0.3, 0.4) is 0 Å². The number of rotatable bonds is 6. The predicted octanol–water partition coefficient (Wildman–Crippen LogP) is 2.60. The highest BCUT2D eigenvalue weighted by atomic mass is 19.1. The fraction of sp³-hybridized carbons (Fsp3) is 0.318. The van der Waals surface area contributed by atoms with E-state index in [0.717, 1.165) is 48.3 Å². The molecule has 0 saturated heterocycles. The van der Waals surface area contributed by atoms with Gasteiger partial charge in [-0.2, -0.15) is 0 Å². The highest BCUT2D eigenvalue weighted by molar-refractivity contribution is 5.99. The third-order valence-corrected chi connectivity index (χ3v) is 5.72. The topological polar surface area (TPSA) is 148 Å². The standard InChI is InChI=1S/C22H27FN8O/c1-31(26)18-8-4-5-12-9-13(11-27-19(12)18)28-21-14(20(25)32)10-15(23)22(30-21)29-17-7-3-2-6-16(17)24/h4-5,8-11,16-17H,2-3,6-7,24,26H2,1H3,(H2,25,32)(H2,28,29,30)/t16-,17+/m0/s1. The summed E-state index contributed by atoms with van der Waals surface area (Å²) in [5, 5.41) is 8.48. The lowest BCUT2D eigenvalue weighted by Gasteiger charge is -2.30. The van der Waals surface area contributed by atoms with E-state index in [1.165, 1.54) is 5.01 Å². The van der Waals surface area contributed by atoms with E-state index in [9.17, 15) is 9.18 Å². The highest BCUT2D eigenvalue weighted by Gasteiger charge is 2.24. The predicted molar refractivity (Wildman–Crippen MR) is 124 cm³/mol. The van der Waals surface area contributed by atoms with Gasteiger partial charge in [-0.1, -0.05) is 25.0 Å². The quantitative estimate of drug-likeness (QED) is 0.291. The fourth-order valence-corrected chi connectivity index (χ4v) is 4.02. The molecule has 1 fully saturated rings. The molecule has 1 amide bonds. The summed E-state index contributed by atoms with van der Waals surface area (Å²) >= 11 is 0. The molecule has 0 unspecified atom stereocenters. The van der Waals surface area contributed by atoms with Crippen molar-refractivity contribution in [1.29, 1.82) is 0 Å². The Hall–Kier alpha value is -3.50. The molecule has 8 N–H and O–H groups in total. The first-order valence-corrected chi connectivity index (χ1v) is 10.5. The number of carbonyl (C=O) groups excluding carboxylic acids is 1. The molecule has 0 radical (unpaired) electrons. The van der Waals surface area contributed by atoms with E-state index in [1.54, 1.807) is 13.2 Å². The van der Waals surface area contributed by atoms with Crippen molar-refractivity contribution in [2.75, 3.05) is 22.7 Å². The average Bonchev–Trinajstić information content (AvgIpc) is 2.76. The molecule has 168 valence electrons. The Morgan fingerprint density at radius 2 is 2.00 bits per heavy atom. The molecule has 1 aliphatic rings. The van der Waals surface area contributed by atoms with Crippen molar-refractivity contribution in [2.24, 2.45) is 17.3 Å². The number of primary amides is 1. The summed E-state index contributed by atoms with van der Waals surface area (Å²) in [5.41, 5.74) is 13.7. The van der Waals surface area contributed by atoms with Crippen LogP contribution in [0.2, 0.25) is 0 Å². The summed E-state index contributed by atoms with van der Waals surface area (Å²) in [4.78, 5) is 20.8. The summed E-state index contributed by atoms with van der Waals surface area (Å²) in [5.74, 6) is 4.59. The van der Waals surface area contributed by atoms with Gasteiger partial charge in [0.15, 0.2) is 11.6 Å². The molecule has 3 aromatic rings. The molecule has 9 nitrogen and oxygen atoms in total. The van der Waals surface area contributed by atoms with Crippen molar-refractivity contribution in [3.05, 3.63) is 47.9 Å². The maximum absolute atomic E-state index is 14.7. The highest BCUT2D eigenvalue weighted by Crippen LogP contribution is 2.29. The second-order valence-electron chi connectivity index (χ2n) is 8.09. The van der Waals surface area contributed by atoms with Crippen molar-refractivity contribution >= 4 is 39.8 Å². The van der Waals surface area contributed by atoms with Gasteiger partial charge in [-0.3, -0.25) is 9.78 Å². The number of nitrogens with zero attached hydrogens (tertiary/aromatic N) is 3. The number of nitrogens with one attached hydrogen (secondary N) is 2. The van der Waals surface area contributed by atoms with Gasteiger partial charge >= 0.3 is 0 Å². The molecular formula is C22H27FN8O. The number of fused-ring (bicyclic) bond motifs is 1. The molecule has 0 aliphatic heterocycles. The van der Waals surface area contributed by atoms with E-state index in [4.69, 9.17) is 17.3 Å². The first-order chi connectivity index (χ1) is 15.3. The Bertz CT molecular complexity index is 1150. The first kappa shape index (κ1) is 21.7. The number of para-hydroxylation sites is 1. The molecule has 2 atom stereocenters. The summed E-state index contributed by atoms with van der Waals surface area (Å²) in [7, 11) is 1.73. The number of nitrogens with two attached hydrogens (primary N) is 3. The summed E-state index contributed by atoms with van der Waals surface area (Å²) in [6.07, 6.45) is 5.36. The fourth-order valence-electron chi connectivity index (χ4n) is 4.02. The average molecular weight is 439 g/mol. The van der Waals surface area contributed by atoms with Crippen LogP contribution in [0.15, 0.2) is 36.5 Å². The second-order valence-corrected chi connectivity index (χ2v) is 8.09. The number of anilines is 4. The van der Waals surface area contributed by atoms with Crippen LogP contribution in [0.5, 0.6) is 0 Å². The second kappa shape index (κ2) is 8.93. The molecule has 0 bridgehead atoms. The van der Waals surface area contributed by atoms with E-state index in [0.29, 0.717) is 5.69 Å². The van der Waals surface area contributed by atoms with Crippen LogP contribution >= 0.6 is 0 Å². The summed E-state index contributed by atoms with van der Waals surface area (Å²) in [6.45, 7) is 0. The molecule has 1 aromatic carbocycles. The van der Waals surface area contributed by atoms with Gasteiger partial charge in [-0.15, -0.1) is 0 Å². The lowest BCUT2D eigenvalue weighted by molar-refractivity contribution is 0.100. The van der Waals surface area contributed by atoms with Gasteiger partial charge in [0.05, 0.1) is 28.7 Å². The molecule has 1 saturated carbocycles. The number of carbonyl (C=O) groups is 1. The van der Waals surface area contributed by atoms with Gasteiger partial charge in [0.25, 0.3) is 5.91 Å². The Morgan fingerprint density at radius 3 is 2.72 bits per heavy atom. The first-order valence-electron chi connectivity index (χ1n) is 10.5. The third kappa shape index (κ3) is 4.41. The van der Waals surface area contributed by atoms with Crippen LogP contribution in [0.25, 0.3) is 10.9 Å². The van der Waals surface area contributed by atoms with Gasteiger partial charge in [0.1, 0.15) is 5.82 Å². The Balaban J connectivity index is 1.68. The molecule has 2 aromatic heterocycles. The minimum Gasteiger partial charge on any atom is -0.365 e. The van der Waals surface area contributed by atoms with Crippen molar-refractivity contribution in [2.45, 2.75) is 37.8 Å². The Morgan fingerprint density at radius 1 is 1.22 bits per heavy atom.